The minimum atomic E-state index is -3.62. The lowest BCUT2D eigenvalue weighted by Crippen LogP contribution is -2.30. The van der Waals surface area contributed by atoms with Crippen molar-refractivity contribution in [3.05, 3.63) is 28.8 Å². The summed E-state index contributed by atoms with van der Waals surface area (Å²) in [5.41, 5.74) is 0.272. The van der Waals surface area contributed by atoms with Crippen LogP contribution >= 0.6 is 11.6 Å². The van der Waals surface area contributed by atoms with Crippen LogP contribution in [-0.4, -0.2) is 25.8 Å². The van der Waals surface area contributed by atoms with Gasteiger partial charge in [0.15, 0.2) is 0 Å². The summed E-state index contributed by atoms with van der Waals surface area (Å²) in [4.78, 5) is 0.0194. The van der Waals surface area contributed by atoms with E-state index in [0.717, 1.165) is 6.42 Å². The molecular weight excluding hydrogens is 284 g/mol. The van der Waals surface area contributed by atoms with E-state index in [1.54, 1.807) is 0 Å². The summed E-state index contributed by atoms with van der Waals surface area (Å²) in [6.45, 7) is 5.04. The van der Waals surface area contributed by atoms with Crippen LogP contribution in [0.2, 0.25) is 5.02 Å². The van der Waals surface area contributed by atoms with E-state index in [4.69, 9.17) is 16.9 Å². The van der Waals surface area contributed by atoms with Gasteiger partial charge in [0.25, 0.3) is 0 Å². The molecule has 1 aliphatic heterocycles. The van der Waals surface area contributed by atoms with Gasteiger partial charge < -0.3 is 0 Å². The lowest BCUT2D eigenvalue weighted by Gasteiger charge is -2.20. The Balaban J connectivity index is 2.44. The summed E-state index contributed by atoms with van der Waals surface area (Å²) in [7, 11) is -3.62. The van der Waals surface area contributed by atoms with Gasteiger partial charge in [0.05, 0.1) is 16.7 Å². The second-order valence-electron chi connectivity index (χ2n) is 5.51. The molecule has 0 spiro atoms. The molecule has 2 rings (SSSR count). The van der Waals surface area contributed by atoms with Crippen molar-refractivity contribution in [2.45, 2.75) is 25.2 Å². The van der Waals surface area contributed by atoms with E-state index < -0.39 is 10.0 Å². The molecule has 0 radical (unpaired) electrons. The molecule has 0 saturated carbocycles. The van der Waals surface area contributed by atoms with E-state index >= 15 is 0 Å². The highest BCUT2D eigenvalue weighted by molar-refractivity contribution is 7.89. The maximum atomic E-state index is 12.5. The molecule has 1 saturated heterocycles. The number of hydrogen-bond acceptors (Lipinski definition) is 3. The topological polar surface area (TPSA) is 61.2 Å². The minimum Gasteiger partial charge on any atom is -0.207 e. The number of rotatable bonds is 2. The Morgan fingerprint density at radius 2 is 2.11 bits per heavy atom. The van der Waals surface area contributed by atoms with E-state index in [0.29, 0.717) is 18.7 Å². The molecule has 0 bridgehead atoms. The Hall–Kier alpha value is -1.09. The number of nitriles is 1. The van der Waals surface area contributed by atoms with E-state index in [9.17, 15) is 8.42 Å². The molecule has 4 nitrogen and oxygen atoms in total. The minimum absolute atomic E-state index is 0.0194. The zero-order valence-corrected chi connectivity index (χ0v) is 12.4. The third-order valence-corrected chi connectivity index (χ3v) is 5.65. The first-order valence-corrected chi connectivity index (χ1v) is 7.78. The Bertz CT molecular complexity index is 647. The third-order valence-electron chi connectivity index (χ3n) is 3.32. The van der Waals surface area contributed by atoms with Gasteiger partial charge in [-0.15, -0.1) is 0 Å². The van der Waals surface area contributed by atoms with Gasteiger partial charge >= 0.3 is 0 Å². The standard InChI is InChI=1S/C13H15ClN2O2S/c1-13(2)5-6-16(9-13)19(17,18)12-7-10(8-15)3-4-11(12)14/h3-4,7H,5-6,9H2,1-2H3. The molecule has 0 amide bonds. The molecule has 1 aliphatic rings. The van der Waals surface area contributed by atoms with E-state index in [-0.39, 0.29) is 15.3 Å². The first-order valence-electron chi connectivity index (χ1n) is 5.96. The smallest absolute Gasteiger partial charge is 0.207 e. The normalized spacial score (nSPS) is 19.3. The van der Waals surface area contributed by atoms with Gasteiger partial charge in [-0.2, -0.15) is 9.57 Å². The largest absolute Gasteiger partial charge is 0.244 e. The molecule has 102 valence electrons. The molecule has 6 heteroatoms. The summed E-state index contributed by atoms with van der Waals surface area (Å²) < 4.78 is 26.5. The third kappa shape index (κ3) is 2.76. The first kappa shape index (κ1) is 14.3. The molecular formula is C13H15ClN2O2S. The van der Waals surface area contributed by atoms with Crippen molar-refractivity contribution >= 4 is 21.6 Å². The first-order chi connectivity index (χ1) is 8.76. The van der Waals surface area contributed by atoms with Crippen LogP contribution in [0.4, 0.5) is 0 Å². The van der Waals surface area contributed by atoms with Crippen LogP contribution in [-0.2, 0) is 10.0 Å². The second-order valence-corrected chi connectivity index (χ2v) is 7.82. The zero-order chi connectivity index (χ0) is 14.3. The number of halogens is 1. The SMILES string of the molecule is CC1(C)CCN(S(=O)(=O)c2cc(C#N)ccc2Cl)C1. The average molecular weight is 299 g/mol. The molecule has 0 unspecified atom stereocenters. The molecule has 0 aliphatic carbocycles. The van der Waals surface area contributed by atoms with Crippen LogP contribution in [0.1, 0.15) is 25.8 Å². The Morgan fingerprint density at radius 3 is 2.63 bits per heavy atom. The second kappa shape index (κ2) is 4.78. The Labute approximate surface area is 118 Å². The van der Waals surface area contributed by atoms with E-state index in [2.05, 4.69) is 0 Å². The van der Waals surface area contributed by atoms with Gasteiger partial charge in [0.2, 0.25) is 10.0 Å². The highest BCUT2D eigenvalue weighted by Gasteiger charge is 2.37. The summed E-state index contributed by atoms with van der Waals surface area (Å²) in [5.74, 6) is 0. The van der Waals surface area contributed by atoms with Crippen molar-refractivity contribution in [3.8, 4) is 6.07 Å². The number of nitrogens with zero attached hydrogens (tertiary/aromatic N) is 2. The molecule has 19 heavy (non-hydrogen) atoms. The molecule has 0 N–H and O–H groups in total. The Kier molecular flexibility index (Phi) is 3.61. The number of hydrogen-bond donors (Lipinski definition) is 0. The van der Waals surface area contributed by atoms with Crippen LogP contribution in [0.5, 0.6) is 0 Å². The highest BCUT2D eigenvalue weighted by atomic mass is 35.5. The van der Waals surface area contributed by atoms with Crippen molar-refractivity contribution in [3.63, 3.8) is 0 Å². The van der Waals surface area contributed by atoms with Crippen molar-refractivity contribution in [1.82, 2.24) is 4.31 Å². The maximum Gasteiger partial charge on any atom is 0.244 e. The zero-order valence-electron chi connectivity index (χ0n) is 10.9. The summed E-state index contributed by atoms with van der Waals surface area (Å²) in [5, 5.41) is 9.02. The van der Waals surface area contributed by atoms with Crippen LogP contribution in [0.15, 0.2) is 23.1 Å². The number of sulfonamides is 1. The predicted octanol–water partition coefficient (Wildman–Crippen LogP) is 2.63. The van der Waals surface area contributed by atoms with Gasteiger partial charge in [0, 0.05) is 13.1 Å². The average Bonchev–Trinajstić information content (AvgIpc) is 2.71. The summed E-state index contributed by atoms with van der Waals surface area (Å²) in [6.07, 6.45) is 0.821. The number of benzene rings is 1. The maximum absolute atomic E-state index is 12.5. The van der Waals surface area contributed by atoms with Crippen molar-refractivity contribution in [1.29, 1.82) is 5.26 Å². The predicted molar refractivity (Wildman–Crippen MR) is 73.3 cm³/mol. The summed E-state index contributed by atoms with van der Waals surface area (Å²) in [6, 6.07) is 6.23. The van der Waals surface area contributed by atoms with Crippen molar-refractivity contribution in [2.75, 3.05) is 13.1 Å². The fourth-order valence-electron chi connectivity index (χ4n) is 2.18. The molecule has 1 aromatic rings. The van der Waals surface area contributed by atoms with Gasteiger partial charge in [-0.25, -0.2) is 8.42 Å². The fraction of sp³-hybridized carbons (Fsp3) is 0.462. The Morgan fingerprint density at radius 1 is 1.42 bits per heavy atom. The molecule has 0 atom stereocenters. The van der Waals surface area contributed by atoms with E-state index in [1.807, 2.05) is 19.9 Å². The van der Waals surface area contributed by atoms with Crippen molar-refractivity contribution < 1.29 is 8.42 Å². The fourth-order valence-corrected chi connectivity index (χ4v) is 4.31. The monoisotopic (exact) mass is 298 g/mol. The van der Waals surface area contributed by atoms with Gasteiger partial charge in [-0.1, -0.05) is 25.4 Å². The summed E-state index contributed by atoms with van der Waals surface area (Å²) >= 11 is 5.97. The lowest BCUT2D eigenvalue weighted by atomic mass is 9.93. The van der Waals surface area contributed by atoms with E-state index in [1.165, 1.54) is 22.5 Å². The molecule has 1 heterocycles. The molecule has 1 fully saturated rings. The lowest BCUT2D eigenvalue weighted by molar-refractivity contribution is 0.375. The molecule has 1 aromatic carbocycles. The molecule has 0 aromatic heterocycles. The van der Waals surface area contributed by atoms with Gasteiger partial charge in [0.1, 0.15) is 4.90 Å². The highest BCUT2D eigenvalue weighted by Crippen LogP contribution is 2.34. The van der Waals surface area contributed by atoms with Gasteiger partial charge in [-0.3, -0.25) is 0 Å². The van der Waals surface area contributed by atoms with Crippen LogP contribution in [0.25, 0.3) is 0 Å². The van der Waals surface area contributed by atoms with Crippen LogP contribution in [0, 0.1) is 16.7 Å². The van der Waals surface area contributed by atoms with Crippen LogP contribution < -0.4 is 0 Å². The van der Waals surface area contributed by atoms with Crippen molar-refractivity contribution in [2.24, 2.45) is 5.41 Å². The van der Waals surface area contributed by atoms with Gasteiger partial charge in [-0.05, 0) is 30.0 Å². The van der Waals surface area contributed by atoms with Crippen LogP contribution in [0.3, 0.4) is 0 Å². The quantitative estimate of drug-likeness (QED) is 0.843.